The van der Waals surface area contributed by atoms with Gasteiger partial charge in [-0.1, -0.05) is 30.3 Å². The third-order valence-corrected chi connectivity index (χ3v) is 2.97. The van der Waals surface area contributed by atoms with Crippen LogP contribution in [0.2, 0.25) is 0 Å². The van der Waals surface area contributed by atoms with Gasteiger partial charge in [0.2, 0.25) is 11.9 Å². The summed E-state index contributed by atoms with van der Waals surface area (Å²) in [5.74, 6) is -2.32. The second-order valence-electron chi connectivity index (χ2n) is 4.82. The van der Waals surface area contributed by atoms with Gasteiger partial charge in [-0.2, -0.15) is 0 Å². The summed E-state index contributed by atoms with van der Waals surface area (Å²) in [6, 6.07) is 10.6. The summed E-state index contributed by atoms with van der Waals surface area (Å²) in [7, 11) is 3.06. The maximum absolute atomic E-state index is 12.2. The number of esters is 1. The number of hydrogen-bond acceptors (Lipinski definition) is 6. The van der Waals surface area contributed by atoms with Crippen LogP contribution >= 0.6 is 0 Å². The highest BCUT2D eigenvalue weighted by Crippen LogP contribution is 2.23. The summed E-state index contributed by atoms with van der Waals surface area (Å²) >= 11 is 0. The Morgan fingerprint density at radius 2 is 1.83 bits per heavy atom. The number of carbonyl (C=O) groups excluding carboxylic acids is 2. The lowest BCUT2D eigenvalue weighted by atomic mass is 10.1. The first-order valence-electron chi connectivity index (χ1n) is 6.61. The lowest BCUT2D eigenvalue weighted by Crippen LogP contribution is -2.31. The van der Waals surface area contributed by atoms with Crippen LogP contribution in [0.3, 0.4) is 0 Å². The van der Waals surface area contributed by atoms with E-state index in [1.54, 1.807) is 30.3 Å². The van der Waals surface area contributed by atoms with Crippen molar-refractivity contribution in [3.8, 4) is 0 Å². The lowest BCUT2D eigenvalue weighted by molar-refractivity contribution is -0.402. The highest BCUT2D eigenvalue weighted by Gasteiger charge is 2.29. The monoisotopic (exact) mass is 318 g/mol. The zero-order valence-corrected chi connectivity index (χ0v) is 12.5. The molecule has 1 unspecified atom stereocenters. The van der Waals surface area contributed by atoms with E-state index in [2.05, 4.69) is 0 Å². The highest BCUT2D eigenvalue weighted by molar-refractivity contribution is 5.90. The Hall–Kier alpha value is -3.16. The maximum atomic E-state index is 12.2. The van der Waals surface area contributed by atoms with Crippen LogP contribution in [0.1, 0.15) is 22.2 Å². The Kier molecular flexibility index (Phi) is 4.75. The van der Waals surface area contributed by atoms with Crippen LogP contribution in [-0.4, -0.2) is 35.8 Å². The molecule has 120 valence electrons. The molecule has 2 rings (SSSR count). The molecule has 0 bridgehead atoms. The van der Waals surface area contributed by atoms with Gasteiger partial charge in [0.05, 0.1) is 6.07 Å². The van der Waals surface area contributed by atoms with Crippen molar-refractivity contribution in [2.45, 2.75) is 6.10 Å². The maximum Gasteiger partial charge on any atom is 0.433 e. The number of amides is 1. The topological polar surface area (TPSA) is 103 Å². The van der Waals surface area contributed by atoms with Crippen LogP contribution in [0.4, 0.5) is 5.88 Å². The fourth-order valence-corrected chi connectivity index (χ4v) is 1.82. The molecule has 1 aromatic heterocycles. The van der Waals surface area contributed by atoms with Crippen molar-refractivity contribution in [1.82, 2.24) is 4.90 Å². The van der Waals surface area contributed by atoms with Crippen molar-refractivity contribution in [2.24, 2.45) is 0 Å². The summed E-state index contributed by atoms with van der Waals surface area (Å²) in [6.45, 7) is 0. The van der Waals surface area contributed by atoms with Gasteiger partial charge < -0.3 is 14.1 Å². The van der Waals surface area contributed by atoms with Gasteiger partial charge in [-0.25, -0.2) is 4.79 Å². The molecule has 1 aromatic carbocycles. The zero-order valence-electron chi connectivity index (χ0n) is 12.5. The van der Waals surface area contributed by atoms with E-state index in [9.17, 15) is 19.7 Å². The van der Waals surface area contributed by atoms with Crippen LogP contribution in [-0.2, 0) is 9.53 Å². The van der Waals surface area contributed by atoms with E-state index in [0.717, 1.165) is 12.1 Å². The van der Waals surface area contributed by atoms with Crippen molar-refractivity contribution in [1.29, 1.82) is 0 Å². The minimum absolute atomic E-state index is 0.343. The lowest BCUT2D eigenvalue weighted by Gasteiger charge is -2.20. The van der Waals surface area contributed by atoms with Gasteiger partial charge in [-0.3, -0.25) is 14.9 Å². The molecule has 0 saturated carbocycles. The molecule has 0 radical (unpaired) electrons. The van der Waals surface area contributed by atoms with Crippen LogP contribution in [0.25, 0.3) is 0 Å². The summed E-state index contributed by atoms with van der Waals surface area (Å²) in [5, 5.41) is 10.6. The van der Waals surface area contributed by atoms with Gasteiger partial charge >= 0.3 is 11.9 Å². The smallest absolute Gasteiger partial charge is 0.433 e. The van der Waals surface area contributed by atoms with E-state index >= 15 is 0 Å². The summed E-state index contributed by atoms with van der Waals surface area (Å²) in [4.78, 5) is 35.4. The highest BCUT2D eigenvalue weighted by atomic mass is 16.7. The van der Waals surface area contributed by atoms with Crippen molar-refractivity contribution in [2.75, 3.05) is 14.1 Å². The van der Waals surface area contributed by atoms with Gasteiger partial charge in [-0.15, -0.1) is 0 Å². The predicted octanol–water partition coefficient (Wildman–Crippen LogP) is 2.17. The number of nitro groups is 1. The van der Waals surface area contributed by atoms with Crippen LogP contribution in [0.15, 0.2) is 46.9 Å². The van der Waals surface area contributed by atoms with E-state index in [4.69, 9.17) is 9.15 Å². The van der Waals surface area contributed by atoms with E-state index in [0.29, 0.717) is 5.56 Å². The van der Waals surface area contributed by atoms with Gasteiger partial charge in [0, 0.05) is 19.7 Å². The number of furan rings is 1. The number of hydrogen-bond donors (Lipinski definition) is 0. The number of nitrogens with zero attached hydrogens (tertiary/aromatic N) is 2. The molecular weight excluding hydrogens is 304 g/mol. The van der Waals surface area contributed by atoms with Crippen molar-refractivity contribution >= 4 is 17.8 Å². The standard InChI is InChI=1S/C15H14N2O6/c1-16(2)14(18)13(10-6-4-3-5-7-10)23-15(19)11-8-9-12(22-11)17(20)21/h3-9,13H,1-2H3. The molecule has 0 saturated heterocycles. The first-order valence-corrected chi connectivity index (χ1v) is 6.61. The Bertz CT molecular complexity index is 723. The number of ether oxygens (including phenoxy) is 1. The normalized spacial score (nSPS) is 11.6. The molecule has 0 aliphatic heterocycles. The molecule has 1 atom stereocenters. The Morgan fingerprint density at radius 3 is 2.35 bits per heavy atom. The number of benzene rings is 1. The molecule has 0 aliphatic rings. The molecule has 1 heterocycles. The average Bonchev–Trinajstić information content (AvgIpc) is 3.03. The molecule has 8 heteroatoms. The first kappa shape index (κ1) is 16.2. The fraction of sp³-hybridized carbons (Fsp3) is 0.200. The Labute approximate surface area is 131 Å². The number of carbonyl (C=O) groups is 2. The Balaban J connectivity index is 2.25. The first-order chi connectivity index (χ1) is 10.9. The minimum atomic E-state index is -1.16. The summed E-state index contributed by atoms with van der Waals surface area (Å²) < 4.78 is 9.98. The Morgan fingerprint density at radius 1 is 1.17 bits per heavy atom. The molecule has 2 aromatic rings. The number of rotatable bonds is 5. The fourth-order valence-electron chi connectivity index (χ4n) is 1.82. The van der Waals surface area contributed by atoms with Gasteiger partial charge in [0.1, 0.15) is 4.92 Å². The van der Waals surface area contributed by atoms with E-state index in [1.807, 2.05) is 0 Å². The molecular formula is C15H14N2O6. The molecule has 0 fully saturated rings. The predicted molar refractivity (Wildman–Crippen MR) is 78.7 cm³/mol. The molecule has 0 spiro atoms. The SMILES string of the molecule is CN(C)C(=O)C(OC(=O)c1ccc([N+](=O)[O-])o1)c1ccccc1. The molecule has 0 aliphatic carbocycles. The van der Waals surface area contributed by atoms with Crippen LogP contribution in [0.5, 0.6) is 0 Å². The average molecular weight is 318 g/mol. The summed E-state index contributed by atoms with van der Waals surface area (Å²) in [5.41, 5.74) is 0.487. The van der Waals surface area contributed by atoms with Crippen LogP contribution in [0, 0.1) is 10.1 Å². The molecule has 8 nitrogen and oxygen atoms in total. The van der Waals surface area contributed by atoms with Crippen molar-refractivity contribution < 1.29 is 23.7 Å². The minimum Gasteiger partial charge on any atom is -0.441 e. The second kappa shape index (κ2) is 6.73. The molecule has 1 amide bonds. The van der Waals surface area contributed by atoms with E-state index < -0.39 is 28.8 Å². The molecule has 23 heavy (non-hydrogen) atoms. The van der Waals surface area contributed by atoms with Gasteiger partial charge in [0.25, 0.3) is 5.91 Å². The van der Waals surface area contributed by atoms with Crippen molar-refractivity contribution in [3.63, 3.8) is 0 Å². The van der Waals surface area contributed by atoms with Gasteiger partial charge in [-0.05, 0) is 6.07 Å². The van der Waals surface area contributed by atoms with Crippen molar-refractivity contribution in [3.05, 3.63) is 63.9 Å². The molecule has 0 N–H and O–H groups in total. The number of likely N-dealkylation sites (N-methyl/N-ethyl adjacent to an activating group) is 1. The van der Waals surface area contributed by atoms with Gasteiger partial charge in [0.15, 0.2) is 0 Å². The largest absolute Gasteiger partial charge is 0.441 e. The van der Waals surface area contributed by atoms with E-state index in [1.165, 1.54) is 19.0 Å². The second-order valence-corrected chi connectivity index (χ2v) is 4.82. The zero-order chi connectivity index (χ0) is 17.0. The third-order valence-electron chi connectivity index (χ3n) is 2.97. The van der Waals surface area contributed by atoms with E-state index in [-0.39, 0.29) is 5.76 Å². The summed E-state index contributed by atoms with van der Waals surface area (Å²) in [6.07, 6.45) is -1.16. The third kappa shape index (κ3) is 3.73. The quantitative estimate of drug-likeness (QED) is 0.475. The van der Waals surface area contributed by atoms with Crippen LogP contribution < -0.4 is 0 Å².